The summed E-state index contributed by atoms with van der Waals surface area (Å²) in [5.41, 5.74) is 0.375. The minimum absolute atomic E-state index is 0.0476. The molecule has 0 atom stereocenters. The monoisotopic (exact) mass is 389 g/mol. The first-order valence-corrected chi connectivity index (χ1v) is 10.3. The molecule has 0 bridgehead atoms. The summed E-state index contributed by atoms with van der Waals surface area (Å²) in [5.74, 6) is 0.334. The second kappa shape index (κ2) is 9.38. The minimum Gasteiger partial charge on any atom is -0.354 e. The molecule has 2 rings (SSSR count). The zero-order valence-corrected chi connectivity index (χ0v) is 15.9. The summed E-state index contributed by atoms with van der Waals surface area (Å²) >= 11 is 1.61. The maximum Gasteiger partial charge on any atom is 0.243 e. The first kappa shape index (κ1) is 20.0. The standard InChI is InChI=1S/C18H19N3O3S2/c1-21(26(23,24)17-9-7-15(13-19)8-10-17)14-18(22)20-11-12-25-16-5-3-2-4-6-16/h2-10H,11-12,14H2,1H3,(H,20,22). The van der Waals surface area contributed by atoms with Crippen molar-refractivity contribution in [3.8, 4) is 6.07 Å². The molecule has 0 fully saturated rings. The Morgan fingerprint density at radius 2 is 1.81 bits per heavy atom. The van der Waals surface area contributed by atoms with Crippen LogP contribution in [0.4, 0.5) is 0 Å². The van der Waals surface area contributed by atoms with Gasteiger partial charge in [-0.3, -0.25) is 4.79 Å². The Labute approximate surface area is 157 Å². The Kier molecular flexibility index (Phi) is 7.21. The summed E-state index contributed by atoms with van der Waals surface area (Å²) < 4.78 is 25.9. The lowest BCUT2D eigenvalue weighted by molar-refractivity contribution is -0.121. The maximum atomic E-state index is 12.4. The second-order valence-electron chi connectivity index (χ2n) is 5.41. The molecule has 0 aliphatic heterocycles. The third-order valence-corrected chi connectivity index (χ3v) is 6.33. The molecular weight excluding hydrogens is 370 g/mol. The van der Waals surface area contributed by atoms with Crippen LogP contribution in [-0.2, 0) is 14.8 Å². The molecule has 1 N–H and O–H groups in total. The van der Waals surface area contributed by atoms with Crippen molar-refractivity contribution >= 4 is 27.7 Å². The molecule has 0 aromatic heterocycles. The highest BCUT2D eigenvalue weighted by atomic mass is 32.2. The molecule has 26 heavy (non-hydrogen) atoms. The van der Waals surface area contributed by atoms with Gasteiger partial charge < -0.3 is 5.32 Å². The van der Waals surface area contributed by atoms with Crippen molar-refractivity contribution in [3.63, 3.8) is 0 Å². The maximum absolute atomic E-state index is 12.4. The van der Waals surface area contributed by atoms with E-state index in [0.717, 1.165) is 9.20 Å². The third kappa shape index (κ3) is 5.59. The van der Waals surface area contributed by atoms with Crippen LogP contribution in [0, 0.1) is 11.3 Å². The normalized spacial score (nSPS) is 11.1. The first-order chi connectivity index (χ1) is 12.4. The number of sulfonamides is 1. The van der Waals surface area contributed by atoms with Gasteiger partial charge in [0.15, 0.2) is 0 Å². The molecule has 0 radical (unpaired) electrons. The van der Waals surface area contributed by atoms with Crippen molar-refractivity contribution in [2.45, 2.75) is 9.79 Å². The highest BCUT2D eigenvalue weighted by Crippen LogP contribution is 2.16. The number of nitriles is 1. The number of benzene rings is 2. The topological polar surface area (TPSA) is 90.3 Å². The molecule has 0 saturated carbocycles. The number of thioether (sulfide) groups is 1. The number of likely N-dealkylation sites (N-methyl/N-ethyl adjacent to an activating group) is 1. The molecule has 0 saturated heterocycles. The van der Waals surface area contributed by atoms with Gasteiger partial charge in [0.1, 0.15) is 0 Å². The predicted octanol–water partition coefficient (Wildman–Crippen LogP) is 2.09. The molecule has 6 nitrogen and oxygen atoms in total. The van der Waals surface area contributed by atoms with Gasteiger partial charge in [0, 0.05) is 24.2 Å². The van der Waals surface area contributed by atoms with Crippen molar-refractivity contribution in [1.29, 1.82) is 5.26 Å². The Morgan fingerprint density at radius 1 is 1.15 bits per heavy atom. The first-order valence-electron chi connectivity index (χ1n) is 7.84. The van der Waals surface area contributed by atoms with Crippen LogP contribution in [0.25, 0.3) is 0 Å². The summed E-state index contributed by atoms with van der Waals surface area (Å²) in [7, 11) is -2.42. The number of carbonyl (C=O) groups excluding carboxylic acids is 1. The number of nitrogens with one attached hydrogen (secondary N) is 1. The molecule has 0 unspecified atom stereocenters. The zero-order valence-electron chi connectivity index (χ0n) is 14.3. The minimum atomic E-state index is -3.77. The second-order valence-corrected chi connectivity index (χ2v) is 8.62. The van der Waals surface area contributed by atoms with Crippen molar-refractivity contribution < 1.29 is 13.2 Å². The van der Waals surface area contributed by atoms with E-state index in [9.17, 15) is 13.2 Å². The average molecular weight is 390 g/mol. The Balaban J connectivity index is 1.82. The summed E-state index contributed by atoms with van der Waals surface area (Å²) in [6.07, 6.45) is 0. The molecular formula is C18H19N3O3S2. The molecule has 2 aromatic carbocycles. The highest BCUT2D eigenvalue weighted by Gasteiger charge is 2.22. The SMILES string of the molecule is CN(CC(=O)NCCSc1ccccc1)S(=O)(=O)c1ccc(C#N)cc1. The molecule has 136 valence electrons. The Hall–Kier alpha value is -2.34. The van der Waals surface area contributed by atoms with E-state index in [-0.39, 0.29) is 17.3 Å². The van der Waals surface area contributed by atoms with Crippen LogP contribution in [0.15, 0.2) is 64.4 Å². The molecule has 2 aromatic rings. The van der Waals surface area contributed by atoms with Crippen molar-refractivity contribution in [1.82, 2.24) is 9.62 Å². The Bertz CT molecular complexity index is 876. The van der Waals surface area contributed by atoms with E-state index in [1.54, 1.807) is 11.8 Å². The van der Waals surface area contributed by atoms with E-state index in [0.29, 0.717) is 17.9 Å². The van der Waals surface area contributed by atoms with Gasteiger partial charge in [-0.1, -0.05) is 18.2 Å². The van der Waals surface area contributed by atoms with Crippen LogP contribution in [0.5, 0.6) is 0 Å². The van der Waals surface area contributed by atoms with Crippen LogP contribution in [0.3, 0.4) is 0 Å². The van der Waals surface area contributed by atoms with E-state index in [2.05, 4.69) is 5.32 Å². The van der Waals surface area contributed by atoms with E-state index >= 15 is 0 Å². The van der Waals surface area contributed by atoms with Crippen molar-refractivity contribution in [2.24, 2.45) is 0 Å². The highest BCUT2D eigenvalue weighted by molar-refractivity contribution is 7.99. The number of amides is 1. The molecule has 1 amide bonds. The summed E-state index contributed by atoms with van der Waals surface area (Å²) in [6, 6.07) is 17.3. The van der Waals surface area contributed by atoms with Gasteiger partial charge in [-0.2, -0.15) is 9.57 Å². The van der Waals surface area contributed by atoms with Crippen LogP contribution >= 0.6 is 11.8 Å². The van der Waals surface area contributed by atoms with Crippen LogP contribution in [0.1, 0.15) is 5.56 Å². The summed E-state index contributed by atoms with van der Waals surface area (Å²) in [6.45, 7) is 0.182. The van der Waals surface area contributed by atoms with Gasteiger partial charge in [0.05, 0.1) is 23.1 Å². The lowest BCUT2D eigenvalue weighted by Crippen LogP contribution is -2.39. The molecule has 8 heteroatoms. The number of hydrogen-bond acceptors (Lipinski definition) is 5. The molecule has 0 spiro atoms. The number of hydrogen-bond donors (Lipinski definition) is 1. The zero-order chi connectivity index (χ0) is 19.0. The number of carbonyl (C=O) groups is 1. The lowest BCUT2D eigenvalue weighted by atomic mass is 10.2. The fourth-order valence-electron chi connectivity index (χ4n) is 2.10. The summed E-state index contributed by atoms with van der Waals surface area (Å²) in [4.78, 5) is 13.1. The van der Waals surface area contributed by atoms with E-state index in [4.69, 9.17) is 5.26 Å². The van der Waals surface area contributed by atoms with E-state index < -0.39 is 10.0 Å². The van der Waals surface area contributed by atoms with E-state index in [1.807, 2.05) is 36.4 Å². The lowest BCUT2D eigenvalue weighted by Gasteiger charge is -2.17. The van der Waals surface area contributed by atoms with Gasteiger partial charge >= 0.3 is 0 Å². The fraction of sp³-hybridized carbons (Fsp3) is 0.222. The average Bonchev–Trinajstić information content (AvgIpc) is 2.66. The molecule has 0 heterocycles. The summed E-state index contributed by atoms with van der Waals surface area (Å²) in [5, 5.41) is 11.5. The van der Waals surface area contributed by atoms with Crippen LogP contribution in [-0.4, -0.2) is 44.5 Å². The number of rotatable bonds is 8. The number of nitrogens with zero attached hydrogens (tertiary/aromatic N) is 2. The molecule has 0 aliphatic carbocycles. The van der Waals surface area contributed by atoms with Crippen molar-refractivity contribution in [3.05, 3.63) is 60.2 Å². The fourth-order valence-corrected chi connectivity index (χ4v) is 4.02. The van der Waals surface area contributed by atoms with Crippen molar-refractivity contribution in [2.75, 3.05) is 25.9 Å². The van der Waals surface area contributed by atoms with Gasteiger partial charge in [0.25, 0.3) is 0 Å². The van der Waals surface area contributed by atoms with Gasteiger partial charge in [-0.15, -0.1) is 11.8 Å². The largest absolute Gasteiger partial charge is 0.354 e. The Morgan fingerprint density at radius 3 is 2.42 bits per heavy atom. The third-order valence-electron chi connectivity index (χ3n) is 3.49. The van der Waals surface area contributed by atoms with Crippen LogP contribution < -0.4 is 5.32 Å². The predicted molar refractivity (Wildman–Crippen MR) is 101 cm³/mol. The molecule has 0 aliphatic rings. The van der Waals surface area contributed by atoms with Gasteiger partial charge in [0.2, 0.25) is 15.9 Å². The quantitative estimate of drug-likeness (QED) is 0.551. The van der Waals surface area contributed by atoms with Gasteiger partial charge in [-0.25, -0.2) is 8.42 Å². The van der Waals surface area contributed by atoms with E-state index in [1.165, 1.54) is 31.3 Å². The van der Waals surface area contributed by atoms with Crippen LogP contribution in [0.2, 0.25) is 0 Å². The van der Waals surface area contributed by atoms with Gasteiger partial charge in [-0.05, 0) is 36.4 Å². The smallest absolute Gasteiger partial charge is 0.243 e.